The van der Waals surface area contributed by atoms with Gasteiger partial charge >= 0.3 is 0 Å². The van der Waals surface area contributed by atoms with Gasteiger partial charge in [-0.1, -0.05) is 0 Å². The van der Waals surface area contributed by atoms with Crippen LogP contribution in [0, 0.1) is 0 Å². The number of hydrogen-bond acceptors (Lipinski definition) is 4. The number of rotatable bonds is 4. The van der Waals surface area contributed by atoms with Gasteiger partial charge in [0, 0.05) is 30.9 Å². The van der Waals surface area contributed by atoms with E-state index in [0.29, 0.717) is 12.0 Å². The van der Waals surface area contributed by atoms with Gasteiger partial charge in [-0.25, -0.2) is 0 Å². The Morgan fingerprint density at radius 2 is 2.32 bits per heavy atom. The number of ketones is 1. The van der Waals surface area contributed by atoms with Gasteiger partial charge in [0.05, 0.1) is 16.4 Å². The number of hydrogen-bond donors (Lipinski definition) is 0. The van der Waals surface area contributed by atoms with Gasteiger partial charge in [-0.05, 0) is 30.0 Å². The minimum absolute atomic E-state index is 0.0819. The first-order valence-corrected chi connectivity index (χ1v) is 7.02. The highest BCUT2D eigenvalue weighted by Gasteiger charge is 2.10. The lowest BCUT2D eigenvalue weighted by molar-refractivity contribution is 0.0993. The lowest BCUT2D eigenvalue weighted by Crippen LogP contribution is -2.03. The van der Waals surface area contributed by atoms with E-state index >= 15 is 0 Å². The summed E-state index contributed by atoms with van der Waals surface area (Å²) in [7, 11) is 0. The molecule has 3 rings (SSSR count). The summed E-state index contributed by atoms with van der Waals surface area (Å²) in [5.41, 5.74) is 2.55. The van der Waals surface area contributed by atoms with E-state index in [2.05, 4.69) is 10.1 Å². The standard InChI is InChI=1S/C14H13N3OS/c1-2-17-9-10(7-16-17)5-13(18)11-6-14-12(15-8-11)3-4-19-14/h3-4,6-9H,2,5H2,1H3. The predicted octanol–water partition coefficient (Wildman–Crippen LogP) is 2.94. The normalized spacial score (nSPS) is 11.0. The summed E-state index contributed by atoms with van der Waals surface area (Å²) in [6.45, 7) is 2.84. The average Bonchev–Trinajstić information content (AvgIpc) is 3.05. The molecule has 0 spiro atoms. The zero-order valence-electron chi connectivity index (χ0n) is 10.5. The molecule has 3 aromatic rings. The third kappa shape index (κ3) is 2.42. The van der Waals surface area contributed by atoms with Gasteiger partial charge < -0.3 is 0 Å². The summed E-state index contributed by atoms with van der Waals surface area (Å²) in [4.78, 5) is 16.5. The van der Waals surface area contributed by atoms with Crippen LogP contribution in [0.25, 0.3) is 10.2 Å². The van der Waals surface area contributed by atoms with E-state index in [1.54, 1.807) is 23.7 Å². The number of carbonyl (C=O) groups excluding carboxylic acids is 1. The van der Waals surface area contributed by atoms with Crippen molar-refractivity contribution in [2.45, 2.75) is 19.9 Å². The minimum atomic E-state index is 0.0819. The molecule has 0 saturated carbocycles. The fourth-order valence-electron chi connectivity index (χ4n) is 1.96. The van der Waals surface area contributed by atoms with Crippen LogP contribution in [0.15, 0.2) is 36.1 Å². The molecule has 0 bridgehead atoms. The number of aromatic nitrogens is 3. The predicted molar refractivity (Wildman–Crippen MR) is 75.6 cm³/mol. The third-order valence-corrected chi connectivity index (χ3v) is 3.85. The Morgan fingerprint density at radius 3 is 3.11 bits per heavy atom. The Kier molecular flexibility index (Phi) is 3.13. The molecule has 3 aromatic heterocycles. The SMILES string of the molecule is CCn1cc(CC(=O)c2cnc3ccsc3c2)cn1. The quantitative estimate of drug-likeness (QED) is 0.685. The van der Waals surface area contributed by atoms with E-state index < -0.39 is 0 Å². The summed E-state index contributed by atoms with van der Waals surface area (Å²) in [6, 6.07) is 3.87. The second-order valence-electron chi connectivity index (χ2n) is 4.33. The molecular weight excluding hydrogens is 258 g/mol. The van der Waals surface area contributed by atoms with Gasteiger partial charge in [0.25, 0.3) is 0 Å². The molecule has 19 heavy (non-hydrogen) atoms. The van der Waals surface area contributed by atoms with Crippen molar-refractivity contribution in [1.29, 1.82) is 0 Å². The van der Waals surface area contributed by atoms with Crippen LogP contribution >= 0.6 is 11.3 Å². The number of aryl methyl sites for hydroxylation is 1. The number of nitrogens with zero attached hydrogens (tertiary/aromatic N) is 3. The van der Waals surface area contributed by atoms with Crippen molar-refractivity contribution in [3.63, 3.8) is 0 Å². The Morgan fingerprint density at radius 1 is 1.42 bits per heavy atom. The largest absolute Gasteiger partial charge is 0.294 e. The number of thiophene rings is 1. The second kappa shape index (κ2) is 4.93. The fourth-order valence-corrected chi connectivity index (χ4v) is 2.74. The van der Waals surface area contributed by atoms with Crippen LogP contribution in [-0.4, -0.2) is 20.5 Å². The van der Waals surface area contributed by atoms with Crippen molar-refractivity contribution in [3.05, 3.63) is 47.2 Å². The van der Waals surface area contributed by atoms with E-state index in [9.17, 15) is 4.79 Å². The van der Waals surface area contributed by atoms with Gasteiger partial charge in [-0.2, -0.15) is 5.10 Å². The zero-order chi connectivity index (χ0) is 13.2. The molecule has 0 atom stereocenters. The Bertz CT molecular complexity index is 729. The second-order valence-corrected chi connectivity index (χ2v) is 5.28. The van der Waals surface area contributed by atoms with E-state index in [1.807, 2.05) is 35.3 Å². The molecule has 4 nitrogen and oxygen atoms in total. The topological polar surface area (TPSA) is 47.8 Å². The number of pyridine rings is 1. The lowest BCUT2D eigenvalue weighted by atomic mass is 10.1. The van der Waals surface area contributed by atoms with E-state index in [1.165, 1.54) is 0 Å². The highest BCUT2D eigenvalue weighted by molar-refractivity contribution is 7.17. The third-order valence-electron chi connectivity index (χ3n) is 3.00. The highest BCUT2D eigenvalue weighted by atomic mass is 32.1. The molecule has 0 unspecified atom stereocenters. The smallest absolute Gasteiger partial charge is 0.168 e. The molecule has 3 heterocycles. The van der Waals surface area contributed by atoms with E-state index in [-0.39, 0.29) is 5.78 Å². The van der Waals surface area contributed by atoms with Crippen molar-refractivity contribution >= 4 is 27.3 Å². The van der Waals surface area contributed by atoms with Crippen LogP contribution in [0.2, 0.25) is 0 Å². The molecule has 0 aliphatic heterocycles. The number of fused-ring (bicyclic) bond motifs is 1. The summed E-state index contributed by atoms with van der Waals surface area (Å²) in [5, 5.41) is 6.16. The Hall–Kier alpha value is -2.01. The molecule has 5 heteroatoms. The first-order valence-electron chi connectivity index (χ1n) is 6.14. The molecule has 0 aromatic carbocycles. The first kappa shape index (κ1) is 12.0. The number of carbonyl (C=O) groups is 1. The molecule has 0 aliphatic carbocycles. The highest BCUT2D eigenvalue weighted by Crippen LogP contribution is 2.20. The molecule has 0 fully saturated rings. The maximum absolute atomic E-state index is 12.2. The van der Waals surface area contributed by atoms with Crippen molar-refractivity contribution < 1.29 is 4.79 Å². The van der Waals surface area contributed by atoms with Crippen LogP contribution in [0.4, 0.5) is 0 Å². The lowest BCUT2D eigenvalue weighted by Gasteiger charge is -1.99. The summed E-state index contributed by atoms with van der Waals surface area (Å²) < 4.78 is 2.87. The minimum Gasteiger partial charge on any atom is -0.294 e. The summed E-state index contributed by atoms with van der Waals surface area (Å²) in [5.74, 6) is 0.0819. The maximum Gasteiger partial charge on any atom is 0.168 e. The fraction of sp³-hybridized carbons (Fsp3) is 0.214. The van der Waals surface area contributed by atoms with Crippen LogP contribution in [0.3, 0.4) is 0 Å². The molecule has 0 aliphatic rings. The molecule has 0 N–H and O–H groups in total. The summed E-state index contributed by atoms with van der Waals surface area (Å²) in [6.07, 6.45) is 5.69. The van der Waals surface area contributed by atoms with Crippen LogP contribution in [0.5, 0.6) is 0 Å². The molecule has 0 saturated heterocycles. The van der Waals surface area contributed by atoms with Crippen molar-refractivity contribution in [3.8, 4) is 0 Å². The monoisotopic (exact) mass is 271 g/mol. The van der Waals surface area contributed by atoms with Crippen LogP contribution < -0.4 is 0 Å². The van der Waals surface area contributed by atoms with Gasteiger partial charge in [-0.15, -0.1) is 11.3 Å². The van der Waals surface area contributed by atoms with Crippen molar-refractivity contribution in [1.82, 2.24) is 14.8 Å². The van der Waals surface area contributed by atoms with Crippen molar-refractivity contribution in [2.75, 3.05) is 0 Å². The molecule has 0 radical (unpaired) electrons. The average molecular weight is 271 g/mol. The maximum atomic E-state index is 12.2. The zero-order valence-corrected chi connectivity index (χ0v) is 11.4. The van der Waals surface area contributed by atoms with E-state index in [0.717, 1.165) is 22.3 Å². The van der Waals surface area contributed by atoms with Crippen LogP contribution in [-0.2, 0) is 13.0 Å². The van der Waals surface area contributed by atoms with Gasteiger partial charge in [-0.3, -0.25) is 14.5 Å². The molecule has 96 valence electrons. The van der Waals surface area contributed by atoms with Gasteiger partial charge in [0.1, 0.15) is 0 Å². The summed E-state index contributed by atoms with van der Waals surface area (Å²) >= 11 is 1.60. The van der Waals surface area contributed by atoms with E-state index in [4.69, 9.17) is 0 Å². The Balaban J connectivity index is 1.82. The van der Waals surface area contributed by atoms with Crippen LogP contribution in [0.1, 0.15) is 22.8 Å². The number of Topliss-reactive ketones (excluding diaryl/α,β-unsaturated/α-hetero) is 1. The van der Waals surface area contributed by atoms with Crippen molar-refractivity contribution in [2.24, 2.45) is 0 Å². The Labute approximate surface area is 114 Å². The molecular formula is C14H13N3OS. The van der Waals surface area contributed by atoms with Gasteiger partial charge in [0.2, 0.25) is 0 Å². The molecule has 0 amide bonds. The first-order chi connectivity index (χ1) is 9.26. The van der Waals surface area contributed by atoms with Gasteiger partial charge in [0.15, 0.2) is 5.78 Å².